The van der Waals surface area contributed by atoms with Crippen molar-refractivity contribution in [3.05, 3.63) is 12.2 Å². The lowest BCUT2D eigenvalue weighted by atomic mass is 10.1. The molecule has 1 aliphatic heterocycles. The monoisotopic (exact) mass is 213 g/mol. The predicted molar refractivity (Wildman–Crippen MR) is 56.2 cm³/mol. The molecular weight excluding hydrogens is 198 g/mol. The molecular formula is C9H15N3OS. The van der Waals surface area contributed by atoms with Gasteiger partial charge in [0.2, 0.25) is 6.39 Å². The second kappa shape index (κ2) is 4.31. The normalized spacial score (nSPS) is 29.3. The zero-order valence-electron chi connectivity index (χ0n) is 8.43. The number of rotatable bonds is 3. The number of aromatic nitrogens is 2. The highest BCUT2D eigenvalue weighted by molar-refractivity contribution is 8.00. The van der Waals surface area contributed by atoms with E-state index >= 15 is 0 Å². The fourth-order valence-electron chi connectivity index (χ4n) is 1.72. The summed E-state index contributed by atoms with van der Waals surface area (Å²) >= 11 is 2.02. The van der Waals surface area contributed by atoms with Crippen LogP contribution in [0.15, 0.2) is 10.9 Å². The Balaban J connectivity index is 1.91. The summed E-state index contributed by atoms with van der Waals surface area (Å²) in [5.41, 5.74) is 0. The van der Waals surface area contributed by atoms with Crippen LogP contribution in [0.5, 0.6) is 0 Å². The maximum absolute atomic E-state index is 4.72. The van der Waals surface area contributed by atoms with Gasteiger partial charge >= 0.3 is 0 Å². The smallest absolute Gasteiger partial charge is 0.213 e. The van der Waals surface area contributed by atoms with Crippen LogP contribution in [0.3, 0.4) is 0 Å². The highest BCUT2D eigenvalue weighted by Crippen LogP contribution is 2.27. The summed E-state index contributed by atoms with van der Waals surface area (Å²) in [5, 5.41) is 8.04. The van der Waals surface area contributed by atoms with Crippen molar-refractivity contribution < 1.29 is 4.52 Å². The molecule has 0 radical (unpaired) electrons. The van der Waals surface area contributed by atoms with Gasteiger partial charge in [-0.15, -0.1) is 0 Å². The molecule has 1 aliphatic rings. The molecule has 3 atom stereocenters. The van der Waals surface area contributed by atoms with Gasteiger partial charge in [-0.25, -0.2) is 0 Å². The Bertz CT molecular complexity index is 278. The third kappa shape index (κ3) is 2.09. The van der Waals surface area contributed by atoms with Crippen molar-refractivity contribution in [2.24, 2.45) is 0 Å². The average Bonchev–Trinajstić information content (AvgIpc) is 2.77. The van der Waals surface area contributed by atoms with Gasteiger partial charge in [-0.2, -0.15) is 16.7 Å². The van der Waals surface area contributed by atoms with Gasteiger partial charge in [0.15, 0.2) is 5.82 Å². The molecule has 0 aromatic carbocycles. The lowest BCUT2D eigenvalue weighted by Gasteiger charge is -2.19. The summed E-state index contributed by atoms with van der Waals surface area (Å²) in [4.78, 5) is 4.04. The highest BCUT2D eigenvalue weighted by Gasteiger charge is 2.26. The number of nitrogens with one attached hydrogen (secondary N) is 1. The van der Waals surface area contributed by atoms with E-state index in [0.29, 0.717) is 11.3 Å². The van der Waals surface area contributed by atoms with Crippen molar-refractivity contribution in [3.63, 3.8) is 0 Å². The summed E-state index contributed by atoms with van der Waals surface area (Å²) in [5.74, 6) is 1.99. The first kappa shape index (κ1) is 9.98. The minimum atomic E-state index is 0.180. The summed E-state index contributed by atoms with van der Waals surface area (Å²) in [6.07, 6.45) is 2.61. The van der Waals surface area contributed by atoms with Gasteiger partial charge < -0.3 is 9.84 Å². The molecule has 1 N–H and O–H groups in total. The predicted octanol–water partition coefficient (Wildman–Crippen LogP) is 1.61. The molecule has 5 heteroatoms. The Labute approximate surface area is 87.8 Å². The van der Waals surface area contributed by atoms with E-state index in [9.17, 15) is 0 Å². The van der Waals surface area contributed by atoms with Gasteiger partial charge in [0, 0.05) is 11.3 Å². The molecule has 1 aromatic heterocycles. The lowest BCUT2D eigenvalue weighted by molar-refractivity contribution is 0.385. The standard InChI is InChI=1S/C9H15N3OS/c1-6(9-10-5-13-12-9)11-8-3-4-14-7(8)2/h5-8,11H,3-4H2,1-2H3. The Morgan fingerprint density at radius 1 is 1.71 bits per heavy atom. The van der Waals surface area contributed by atoms with Crippen LogP contribution in [0.4, 0.5) is 0 Å². The Morgan fingerprint density at radius 2 is 2.57 bits per heavy atom. The van der Waals surface area contributed by atoms with E-state index in [-0.39, 0.29) is 6.04 Å². The van der Waals surface area contributed by atoms with Gasteiger partial charge in [-0.1, -0.05) is 12.1 Å². The molecule has 4 nitrogen and oxygen atoms in total. The van der Waals surface area contributed by atoms with Gasteiger partial charge in [-0.05, 0) is 19.1 Å². The first-order valence-corrected chi connectivity index (χ1v) is 5.96. The van der Waals surface area contributed by atoms with Crippen molar-refractivity contribution in [2.45, 2.75) is 37.6 Å². The summed E-state index contributed by atoms with van der Waals surface area (Å²) in [7, 11) is 0. The van der Waals surface area contributed by atoms with Gasteiger partial charge in [-0.3, -0.25) is 0 Å². The van der Waals surface area contributed by atoms with Crippen LogP contribution in [0.1, 0.15) is 32.1 Å². The minimum Gasteiger partial charge on any atom is -0.343 e. The molecule has 2 heterocycles. The third-order valence-electron chi connectivity index (χ3n) is 2.61. The van der Waals surface area contributed by atoms with Crippen LogP contribution < -0.4 is 5.32 Å². The van der Waals surface area contributed by atoms with Crippen molar-refractivity contribution in [1.82, 2.24) is 15.5 Å². The van der Waals surface area contributed by atoms with E-state index in [4.69, 9.17) is 4.52 Å². The largest absolute Gasteiger partial charge is 0.343 e. The van der Waals surface area contributed by atoms with Crippen LogP contribution in [0.2, 0.25) is 0 Å². The number of nitrogens with zero attached hydrogens (tertiary/aromatic N) is 2. The zero-order valence-corrected chi connectivity index (χ0v) is 9.25. The van der Waals surface area contributed by atoms with Crippen molar-refractivity contribution in [2.75, 3.05) is 5.75 Å². The van der Waals surface area contributed by atoms with E-state index in [0.717, 1.165) is 5.82 Å². The number of thioether (sulfide) groups is 1. The third-order valence-corrected chi connectivity index (χ3v) is 3.93. The fraction of sp³-hybridized carbons (Fsp3) is 0.778. The molecule has 1 fully saturated rings. The van der Waals surface area contributed by atoms with E-state index in [1.54, 1.807) is 0 Å². The maximum atomic E-state index is 4.72. The number of hydrogen-bond acceptors (Lipinski definition) is 5. The molecule has 0 saturated carbocycles. The van der Waals surface area contributed by atoms with Crippen molar-refractivity contribution in [1.29, 1.82) is 0 Å². The molecule has 1 saturated heterocycles. The summed E-state index contributed by atoms with van der Waals surface area (Å²) in [6.45, 7) is 4.33. The van der Waals surface area contributed by atoms with Crippen LogP contribution in [-0.4, -0.2) is 27.2 Å². The summed E-state index contributed by atoms with van der Waals surface area (Å²) < 4.78 is 4.72. The Kier molecular flexibility index (Phi) is 3.08. The molecule has 0 aliphatic carbocycles. The first-order chi connectivity index (χ1) is 6.77. The van der Waals surface area contributed by atoms with Crippen molar-refractivity contribution >= 4 is 11.8 Å². The Hall–Kier alpha value is -0.550. The highest BCUT2D eigenvalue weighted by atomic mass is 32.2. The molecule has 14 heavy (non-hydrogen) atoms. The van der Waals surface area contributed by atoms with Crippen molar-refractivity contribution in [3.8, 4) is 0 Å². The van der Waals surface area contributed by atoms with E-state index in [2.05, 4.69) is 29.3 Å². The fourth-order valence-corrected chi connectivity index (χ4v) is 2.92. The topological polar surface area (TPSA) is 51.0 Å². The van der Waals surface area contributed by atoms with Crippen LogP contribution >= 0.6 is 11.8 Å². The quantitative estimate of drug-likeness (QED) is 0.826. The molecule has 1 aromatic rings. The second-order valence-electron chi connectivity index (χ2n) is 3.65. The van der Waals surface area contributed by atoms with E-state index in [1.165, 1.54) is 18.6 Å². The summed E-state index contributed by atoms with van der Waals surface area (Å²) in [6, 6.07) is 0.758. The lowest BCUT2D eigenvalue weighted by Crippen LogP contribution is -2.35. The van der Waals surface area contributed by atoms with Gasteiger partial charge in [0.05, 0.1) is 6.04 Å². The van der Waals surface area contributed by atoms with E-state index < -0.39 is 0 Å². The molecule has 3 unspecified atom stereocenters. The van der Waals surface area contributed by atoms with Crippen LogP contribution in [-0.2, 0) is 0 Å². The maximum Gasteiger partial charge on any atom is 0.213 e. The SMILES string of the molecule is CC(NC1CCSC1C)c1ncon1. The van der Waals surface area contributed by atoms with Crippen LogP contribution in [0.25, 0.3) is 0 Å². The zero-order chi connectivity index (χ0) is 9.97. The second-order valence-corrected chi connectivity index (χ2v) is 5.13. The first-order valence-electron chi connectivity index (χ1n) is 4.91. The van der Waals surface area contributed by atoms with E-state index in [1.807, 2.05) is 11.8 Å². The van der Waals surface area contributed by atoms with Crippen LogP contribution in [0, 0.1) is 0 Å². The minimum absolute atomic E-state index is 0.180. The van der Waals surface area contributed by atoms with Gasteiger partial charge in [0.25, 0.3) is 0 Å². The molecule has 78 valence electrons. The Morgan fingerprint density at radius 3 is 3.14 bits per heavy atom. The molecule has 0 spiro atoms. The molecule has 0 amide bonds. The number of hydrogen-bond donors (Lipinski definition) is 1. The average molecular weight is 213 g/mol. The molecule has 2 rings (SSSR count). The molecule has 0 bridgehead atoms. The van der Waals surface area contributed by atoms with Gasteiger partial charge in [0.1, 0.15) is 0 Å².